The zero-order chi connectivity index (χ0) is 13.9. The molecule has 0 aromatic heterocycles. The number of carbonyl (C=O) groups is 1. The van der Waals surface area contributed by atoms with E-state index in [-0.39, 0.29) is 11.9 Å². The highest BCUT2D eigenvalue weighted by atomic mass is 79.9. The summed E-state index contributed by atoms with van der Waals surface area (Å²) in [4.78, 5) is 12.4. The number of halogens is 1. The molecule has 1 aliphatic rings. The highest BCUT2D eigenvalue weighted by Gasteiger charge is 2.33. The van der Waals surface area contributed by atoms with E-state index in [0.29, 0.717) is 11.5 Å². The number of amides is 1. The minimum Gasteiger partial charge on any atom is -0.345 e. The third-order valence-corrected chi connectivity index (χ3v) is 4.35. The molecule has 0 bridgehead atoms. The molecule has 0 saturated heterocycles. The van der Waals surface area contributed by atoms with Gasteiger partial charge in [0.25, 0.3) is 5.91 Å². The van der Waals surface area contributed by atoms with Gasteiger partial charge >= 0.3 is 0 Å². The van der Waals surface area contributed by atoms with Crippen LogP contribution in [0.25, 0.3) is 0 Å². The SMILES string of the molecule is O=C(NC(c1ccccc1)C1CC1)c1ccccc1Br. The van der Waals surface area contributed by atoms with E-state index in [9.17, 15) is 4.79 Å². The van der Waals surface area contributed by atoms with Gasteiger partial charge in [0.1, 0.15) is 0 Å². The van der Waals surface area contributed by atoms with Crippen LogP contribution >= 0.6 is 15.9 Å². The molecule has 0 spiro atoms. The first-order valence-corrected chi connectivity index (χ1v) is 7.65. The molecule has 1 unspecified atom stereocenters. The van der Waals surface area contributed by atoms with Crippen LogP contribution in [0.2, 0.25) is 0 Å². The van der Waals surface area contributed by atoms with Gasteiger partial charge in [0.15, 0.2) is 0 Å². The number of benzene rings is 2. The summed E-state index contributed by atoms with van der Waals surface area (Å²) in [5.74, 6) is 0.557. The molecule has 0 aliphatic heterocycles. The van der Waals surface area contributed by atoms with E-state index in [2.05, 4.69) is 33.4 Å². The summed E-state index contributed by atoms with van der Waals surface area (Å²) in [6.07, 6.45) is 2.38. The molecule has 1 atom stereocenters. The van der Waals surface area contributed by atoms with Crippen LogP contribution in [0.15, 0.2) is 59.1 Å². The largest absolute Gasteiger partial charge is 0.345 e. The predicted molar refractivity (Wildman–Crippen MR) is 83.5 cm³/mol. The van der Waals surface area contributed by atoms with Gasteiger partial charge in [-0.2, -0.15) is 0 Å². The van der Waals surface area contributed by atoms with Crippen molar-refractivity contribution in [2.24, 2.45) is 5.92 Å². The normalized spacial score (nSPS) is 15.7. The Hall–Kier alpha value is -1.61. The van der Waals surface area contributed by atoms with Crippen molar-refractivity contribution < 1.29 is 4.79 Å². The average Bonchev–Trinajstić information content (AvgIpc) is 3.30. The van der Waals surface area contributed by atoms with E-state index >= 15 is 0 Å². The quantitative estimate of drug-likeness (QED) is 0.888. The van der Waals surface area contributed by atoms with Gasteiger partial charge in [-0.1, -0.05) is 42.5 Å². The second-order valence-corrected chi connectivity index (χ2v) is 6.03. The average molecular weight is 330 g/mol. The van der Waals surface area contributed by atoms with Crippen molar-refractivity contribution in [2.75, 3.05) is 0 Å². The van der Waals surface area contributed by atoms with E-state index in [1.165, 1.54) is 18.4 Å². The first kappa shape index (κ1) is 13.4. The second kappa shape index (κ2) is 5.80. The van der Waals surface area contributed by atoms with Gasteiger partial charge < -0.3 is 5.32 Å². The van der Waals surface area contributed by atoms with Crippen LogP contribution in [0, 0.1) is 5.92 Å². The molecule has 2 aromatic rings. The molecule has 2 aromatic carbocycles. The Labute approximate surface area is 127 Å². The Bertz CT molecular complexity index is 607. The molecule has 1 aliphatic carbocycles. The maximum absolute atomic E-state index is 12.4. The van der Waals surface area contributed by atoms with Crippen molar-refractivity contribution in [3.05, 3.63) is 70.2 Å². The lowest BCUT2D eigenvalue weighted by atomic mass is 10.0. The highest BCUT2D eigenvalue weighted by molar-refractivity contribution is 9.10. The summed E-state index contributed by atoms with van der Waals surface area (Å²) < 4.78 is 0.833. The summed E-state index contributed by atoms with van der Waals surface area (Å²) in [5.41, 5.74) is 1.88. The monoisotopic (exact) mass is 329 g/mol. The Kier molecular flexibility index (Phi) is 3.88. The van der Waals surface area contributed by atoms with Gasteiger partial charge in [-0.15, -0.1) is 0 Å². The van der Waals surface area contributed by atoms with Crippen LogP contribution in [-0.4, -0.2) is 5.91 Å². The fourth-order valence-electron chi connectivity index (χ4n) is 2.43. The first-order valence-electron chi connectivity index (χ1n) is 6.86. The van der Waals surface area contributed by atoms with Crippen LogP contribution in [0.5, 0.6) is 0 Å². The van der Waals surface area contributed by atoms with Gasteiger partial charge in [0.05, 0.1) is 11.6 Å². The predicted octanol–water partition coefficient (Wildman–Crippen LogP) is 4.33. The zero-order valence-corrected chi connectivity index (χ0v) is 12.6. The summed E-state index contributed by atoms with van der Waals surface area (Å²) >= 11 is 3.43. The van der Waals surface area contributed by atoms with Crippen molar-refractivity contribution in [1.29, 1.82) is 0 Å². The van der Waals surface area contributed by atoms with Gasteiger partial charge in [-0.25, -0.2) is 0 Å². The molecule has 1 N–H and O–H groups in total. The van der Waals surface area contributed by atoms with Gasteiger partial charge in [-0.3, -0.25) is 4.79 Å². The number of carbonyl (C=O) groups excluding carboxylic acids is 1. The topological polar surface area (TPSA) is 29.1 Å². The van der Waals surface area contributed by atoms with E-state index in [0.717, 1.165) is 4.47 Å². The lowest BCUT2D eigenvalue weighted by Crippen LogP contribution is -2.30. The molecule has 102 valence electrons. The summed E-state index contributed by atoms with van der Waals surface area (Å²) in [5, 5.41) is 3.18. The maximum Gasteiger partial charge on any atom is 0.252 e. The van der Waals surface area contributed by atoms with Crippen molar-refractivity contribution in [3.8, 4) is 0 Å². The minimum absolute atomic E-state index is 0.0155. The van der Waals surface area contributed by atoms with Crippen molar-refractivity contribution >= 4 is 21.8 Å². The molecule has 1 fully saturated rings. The van der Waals surface area contributed by atoms with Crippen LogP contribution in [-0.2, 0) is 0 Å². The number of rotatable bonds is 4. The molecule has 3 rings (SSSR count). The molecule has 0 radical (unpaired) electrons. The van der Waals surface area contributed by atoms with Crippen molar-refractivity contribution in [2.45, 2.75) is 18.9 Å². The Morgan fingerprint density at radius 3 is 2.35 bits per heavy atom. The van der Waals surface area contributed by atoms with Gasteiger partial charge in [0, 0.05) is 4.47 Å². The lowest BCUT2D eigenvalue weighted by molar-refractivity contribution is 0.0931. The molecule has 0 heterocycles. The number of hydrogen-bond donors (Lipinski definition) is 1. The van der Waals surface area contributed by atoms with Crippen LogP contribution < -0.4 is 5.32 Å². The zero-order valence-electron chi connectivity index (χ0n) is 11.1. The maximum atomic E-state index is 12.4. The summed E-state index contributed by atoms with van der Waals surface area (Å²) in [6.45, 7) is 0. The highest BCUT2D eigenvalue weighted by Crippen LogP contribution is 2.41. The van der Waals surface area contributed by atoms with E-state index in [4.69, 9.17) is 0 Å². The van der Waals surface area contributed by atoms with Crippen LogP contribution in [0.4, 0.5) is 0 Å². The Morgan fingerprint density at radius 2 is 1.70 bits per heavy atom. The molecule has 20 heavy (non-hydrogen) atoms. The van der Waals surface area contributed by atoms with Crippen molar-refractivity contribution in [1.82, 2.24) is 5.32 Å². The Balaban J connectivity index is 1.81. The third-order valence-electron chi connectivity index (χ3n) is 3.66. The van der Waals surface area contributed by atoms with Gasteiger partial charge in [0.2, 0.25) is 0 Å². The number of hydrogen-bond acceptors (Lipinski definition) is 1. The van der Waals surface area contributed by atoms with Crippen molar-refractivity contribution in [3.63, 3.8) is 0 Å². The molecule has 1 amide bonds. The summed E-state index contributed by atoms with van der Waals surface area (Å²) in [6, 6.07) is 17.9. The fourth-order valence-corrected chi connectivity index (χ4v) is 2.89. The van der Waals surface area contributed by atoms with E-state index < -0.39 is 0 Å². The molecule has 1 saturated carbocycles. The van der Waals surface area contributed by atoms with Crippen LogP contribution in [0.1, 0.15) is 34.8 Å². The third kappa shape index (κ3) is 2.93. The minimum atomic E-state index is -0.0155. The van der Waals surface area contributed by atoms with E-state index in [1.807, 2.05) is 42.5 Å². The van der Waals surface area contributed by atoms with E-state index in [1.54, 1.807) is 0 Å². The molecular formula is C17H16BrNO. The summed E-state index contributed by atoms with van der Waals surface area (Å²) in [7, 11) is 0. The lowest BCUT2D eigenvalue weighted by Gasteiger charge is -2.19. The Morgan fingerprint density at radius 1 is 1.05 bits per heavy atom. The molecule has 2 nitrogen and oxygen atoms in total. The molecular weight excluding hydrogens is 314 g/mol. The van der Waals surface area contributed by atoms with Gasteiger partial charge in [-0.05, 0) is 52.4 Å². The fraction of sp³-hybridized carbons (Fsp3) is 0.235. The van der Waals surface area contributed by atoms with Crippen LogP contribution in [0.3, 0.4) is 0 Å². The second-order valence-electron chi connectivity index (χ2n) is 5.18. The number of nitrogens with one attached hydrogen (secondary N) is 1. The smallest absolute Gasteiger partial charge is 0.252 e. The molecule has 3 heteroatoms. The standard InChI is InChI=1S/C17H16BrNO/c18-15-9-5-4-8-14(15)17(20)19-16(13-10-11-13)12-6-2-1-3-7-12/h1-9,13,16H,10-11H2,(H,19,20). The first-order chi connectivity index (χ1) is 9.75.